The van der Waals surface area contributed by atoms with Crippen LogP contribution in [0.15, 0.2) is 0 Å². The van der Waals surface area contributed by atoms with E-state index in [1.54, 1.807) is 0 Å². The minimum atomic E-state index is 0.692. The molecular weight excluding hydrogens is 220 g/mol. The highest BCUT2D eigenvalue weighted by molar-refractivity contribution is 4.88. The van der Waals surface area contributed by atoms with Crippen molar-refractivity contribution in [3.8, 4) is 12.3 Å². The van der Waals surface area contributed by atoms with Crippen LogP contribution in [0.1, 0.15) is 52.9 Å². The van der Waals surface area contributed by atoms with E-state index in [0.29, 0.717) is 12.1 Å². The lowest BCUT2D eigenvalue weighted by atomic mass is 9.96. The Labute approximate surface area is 114 Å². The molecule has 18 heavy (non-hydrogen) atoms. The molecule has 2 nitrogen and oxygen atoms in total. The molecule has 104 valence electrons. The fraction of sp³-hybridized carbons (Fsp3) is 0.875. The number of unbranched alkanes of at least 4 members (excludes halogenated alkanes) is 2. The monoisotopic (exact) mass is 250 g/mol. The second-order valence-corrected chi connectivity index (χ2v) is 5.86. The normalized spacial score (nSPS) is 25.3. The van der Waals surface area contributed by atoms with E-state index in [1.165, 1.54) is 38.8 Å². The van der Waals surface area contributed by atoms with Crippen LogP contribution in [0.25, 0.3) is 0 Å². The molecule has 2 atom stereocenters. The summed E-state index contributed by atoms with van der Waals surface area (Å²) in [5.41, 5.74) is 0. The second kappa shape index (κ2) is 8.56. The zero-order chi connectivity index (χ0) is 13.4. The van der Waals surface area contributed by atoms with Crippen molar-refractivity contribution in [2.75, 3.05) is 19.6 Å². The van der Waals surface area contributed by atoms with Gasteiger partial charge in [-0.2, -0.15) is 0 Å². The molecule has 2 unspecified atom stereocenters. The molecule has 1 N–H and O–H groups in total. The van der Waals surface area contributed by atoms with E-state index in [4.69, 9.17) is 6.42 Å². The molecule has 0 aliphatic carbocycles. The van der Waals surface area contributed by atoms with E-state index in [1.807, 2.05) is 0 Å². The summed E-state index contributed by atoms with van der Waals surface area (Å²) in [7, 11) is 0. The van der Waals surface area contributed by atoms with Crippen LogP contribution < -0.4 is 5.32 Å². The summed E-state index contributed by atoms with van der Waals surface area (Å²) in [6.07, 6.45) is 11.2. The first-order chi connectivity index (χ1) is 8.69. The Hall–Kier alpha value is -0.520. The minimum Gasteiger partial charge on any atom is -0.311 e. The maximum absolute atomic E-state index is 5.31. The van der Waals surface area contributed by atoms with Gasteiger partial charge in [-0.25, -0.2) is 0 Å². The van der Waals surface area contributed by atoms with Crippen molar-refractivity contribution in [1.82, 2.24) is 10.2 Å². The van der Waals surface area contributed by atoms with Gasteiger partial charge in [0.05, 0.1) is 0 Å². The van der Waals surface area contributed by atoms with Gasteiger partial charge < -0.3 is 5.32 Å². The summed E-state index contributed by atoms with van der Waals surface area (Å²) >= 11 is 0. The van der Waals surface area contributed by atoms with Crippen LogP contribution in [0.5, 0.6) is 0 Å². The average molecular weight is 250 g/mol. The first-order valence-corrected chi connectivity index (χ1v) is 7.59. The molecule has 0 aromatic heterocycles. The van der Waals surface area contributed by atoms with E-state index in [0.717, 1.165) is 18.9 Å². The van der Waals surface area contributed by atoms with E-state index < -0.39 is 0 Å². The number of rotatable bonds is 7. The van der Waals surface area contributed by atoms with Gasteiger partial charge in [0.15, 0.2) is 0 Å². The molecule has 1 saturated heterocycles. The summed E-state index contributed by atoms with van der Waals surface area (Å²) in [4.78, 5) is 2.69. The molecule has 0 aromatic carbocycles. The molecule has 0 bridgehead atoms. The maximum atomic E-state index is 5.31. The Morgan fingerprint density at radius 2 is 2.17 bits per heavy atom. The van der Waals surface area contributed by atoms with Gasteiger partial charge >= 0.3 is 0 Å². The smallest absolute Gasteiger partial charge is 0.0244 e. The van der Waals surface area contributed by atoms with Crippen LogP contribution in [0.2, 0.25) is 0 Å². The molecule has 0 amide bonds. The molecule has 0 saturated carbocycles. The van der Waals surface area contributed by atoms with Crippen LogP contribution in [0.3, 0.4) is 0 Å². The van der Waals surface area contributed by atoms with Gasteiger partial charge in [0.1, 0.15) is 0 Å². The van der Waals surface area contributed by atoms with Gasteiger partial charge in [0.2, 0.25) is 0 Å². The van der Waals surface area contributed by atoms with Gasteiger partial charge in [-0.05, 0) is 31.7 Å². The van der Waals surface area contributed by atoms with Crippen molar-refractivity contribution in [1.29, 1.82) is 0 Å². The number of nitrogens with zero attached hydrogens (tertiary/aromatic N) is 1. The summed E-state index contributed by atoms with van der Waals surface area (Å²) < 4.78 is 0. The maximum Gasteiger partial charge on any atom is 0.0244 e. The van der Waals surface area contributed by atoms with Crippen LogP contribution in [0, 0.1) is 18.3 Å². The van der Waals surface area contributed by atoms with Crippen molar-refractivity contribution in [2.45, 2.75) is 65.0 Å². The number of hydrogen-bond donors (Lipinski definition) is 1. The number of terminal acetylenes is 1. The van der Waals surface area contributed by atoms with E-state index in [2.05, 4.69) is 36.9 Å². The molecule has 1 rings (SSSR count). The molecule has 0 spiro atoms. The van der Waals surface area contributed by atoms with Crippen molar-refractivity contribution in [3.05, 3.63) is 0 Å². The van der Waals surface area contributed by atoms with E-state index >= 15 is 0 Å². The predicted octanol–water partition coefficient (Wildman–Crippen LogP) is 2.89. The molecule has 1 aliphatic rings. The molecule has 2 heteroatoms. The average Bonchev–Trinajstić information content (AvgIpc) is 2.35. The third-order valence-corrected chi connectivity index (χ3v) is 3.96. The molecule has 1 aliphatic heterocycles. The Bertz CT molecular complexity index is 254. The Morgan fingerprint density at radius 1 is 1.39 bits per heavy atom. The van der Waals surface area contributed by atoms with Gasteiger partial charge in [0.25, 0.3) is 0 Å². The third-order valence-electron chi connectivity index (χ3n) is 3.96. The largest absolute Gasteiger partial charge is 0.311 e. The van der Waals surface area contributed by atoms with Crippen LogP contribution in [-0.4, -0.2) is 36.6 Å². The first-order valence-electron chi connectivity index (χ1n) is 7.59. The zero-order valence-electron chi connectivity index (χ0n) is 12.4. The van der Waals surface area contributed by atoms with Crippen molar-refractivity contribution in [3.63, 3.8) is 0 Å². The number of nitrogens with one attached hydrogen (secondary N) is 1. The standard InChI is InChI=1S/C16H30N2/c1-5-7-8-9-11-18-13-15(10-6-2)17-12-16(18)14(3)4/h1,14-17H,6-13H2,2-4H3. The lowest BCUT2D eigenvalue weighted by Crippen LogP contribution is -2.58. The predicted molar refractivity (Wildman–Crippen MR) is 79.6 cm³/mol. The number of piperazine rings is 1. The molecule has 1 fully saturated rings. The lowest BCUT2D eigenvalue weighted by Gasteiger charge is -2.42. The SMILES string of the molecule is C#CCCCCN1CC(CCC)NCC1C(C)C. The van der Waals surface area contributed by atoms with Gasteiger partial charge in [0, 0.05) is 31.6 Å². The summed E-state index contributed by atoms with van der Waals surface area (Å²) in [6, 6.07) is 1.39. The van der Waals surface area contributed by atoms with Gasteiger partial charge in [-0.1, -0.05) is 27.2 Å². The van der Waals surface area contributed by atoms with Crippen molar-refractivity contribution < 1.29 is 0 Å². The highest BCUT2D eigenvalue weighted by Crippen LogP contribution is 2.17. The van der Waals surface area contributed by atoms with Crippen molar-refractivity contribution >= 4 is 0 Å². The lowest BCUT2D eigenvalue weighted by molar-refractivity contribution is 0.0940. The second-order valence-electron chi connectivity index (χ2n) is 5.86. The Kier molecular flexibility index (Phi) is 7.39. The van der Waals surface area contributed by atoms with Gasteiger partial charge in [-0.3, -0.25) is 4.90 Å². The van der Waals surface area contributed by atoms with E-state index in [9.17, 15) is 0 Å². The summed E-state index contributed by atoms with van der Waals surface area (Å²) in [5, 5.41) is 3.71. The molecule has 1 heterocycles. The topological polar surface area (TPSA) is 15.3 Å². The fourth-order valence-corrected chi connectivity index (χ4v) is 2.90. The van der Waals surface area contributed by atoms with Crippen LogP contribution in [0.4, 0.5) is 0 Å². The fourth-order valence-electron chi connectivity index (χ4n) is 2.90. The number of hydrogen-bond acceptors (Lipinski definition) is 2. The Balaban J connectivity index is 2.42. The summed E-state index contributed by atoms with van der Waals surface area (Å²) in [6.45, 7) is 10.5. The zero-order valence-corrected chi connectivity index (χ0v) is 12.4. The third kappa shape index (κ3) is 5.00. The van der Waals surface area contributed by atoms with E-state index in [-0.39, 0.29) is 0 Å². The highest BCUT2D eigenvalue weighted by Gasteiger charge is 2.28. The molecular formula is C16H30N2. The first kappa shape index (κ1) is 15.5. The quantitative estimate of drug-likeness (QED) is 0.552. The van der Waals surface area contributed by atoms with Crippen LogP contribution >= 0.6 is 0 Å². The Morgan fingerprint density at radius 3 is 2.78 bits per heavy atom. The van der Waals surface area contributed by atoms with Crippen molar-refractivity contribution in [2.24, 2.45) is 5.92 Å². The van der Waals surface area contributed by atoms with Gasteiger partial charge in [-0.15, -0.1) is 12.3 Å². The summed E-state index contributed by atoms with van der Waals surface area (Å²) in [5.74, 6) is 3.47. The van der Waals surface area contributed by atoms with Crippen LogP contribution in [-0.2, 0) is 0 Å². The minimum absolute atomic E-state index is 0.692. The molecule has 0 aromatic rings. The highest BCUT2D eigenvalue weighted by atomic mass is 15.2. The molecule has 0 radical (unpaired) electrons.